The summed E-state index contributed by atoms with van der Waals surface area (Å²) in [5.74, 6) is 1.25. The molecular formula is C21H27FN2O2. The summed E-state index contributed by atoms with van der Waals surface area (Å²) in [6, 6.07) is 6.79. The molecule has 3 atom stereocenters. The molecule has 4 nitrogen and oxygen atoms in total. The minimum Gasteiger partial charge on any atom is -0.390 e. The first-order valence-corrected chi connectivity index (χ1v) is 9.99. The van der Waals surface area contributed by atoms with Crippen LogP contribution in [0.1, 0.15) is 50.6 Å². The summed E-state index contributed by atoms with van der Waals surface area (Å²) in [7, 11) is 0. The fourth-order valence-electron chi connectivity index (χ4n) is 6.65. The summed E-state index contributed by atoms with van der Waals surface area (Å²) in [5, 5.41) is 10.8. The normalized spacial score (nSPS) is 39.7. The quantitative estimate of drug-likeness (QED) is 0.898. The molecule has 5 heteroatoms. The molecule has 4 bridgehead atoms. The average molecular weight is 358 g/mol. The minimum absolute atomic E-state index is 0.0465. The van der Waals surface area contributed by atoms with Gasteiger partial charge in [-0.15, -0.1) is 0 Å². The monoisotopic (exact) mass is 358 g/mol. The highest BCUT2D eigenvalue weighted by Crippen LogP contribution is 2.57. The zero-order valence-corrected chi connectivity index (χ0v) is 15.3. The molecule has 5 fully saturated rings. The topological polar surface area (TPSA) is 43.8 Å². The van der Waals surface area contributed by atoms with E-state index in [1.807, 2.05) is 22.8 Å². The van der Waals surface area contributed by atoms with E-state index in [1.165, 1.54) is 6.07 Å². The van der Waals surface area contributed by atoms with E-state index in [2.05, 4.69) is 0 Å². The minimum atomic E-state index is -0.476. The molecule has 26 heavy (non-hydrogen) atoms. The van der Waals surface area contributed by atoms with E-state index in [0.29, 0.717) is 29.9 Å². The zero-order valence-electron chi connectivity index (χ0n) is 15.3. The summed E-state index contributed by atoms with van der Waals surface area (Å²) in [6.45, 7) is 3.29. The van der Waals surface area contributed by atoms with Gasteiger partial charge in [0, 0.05) is 24.7 Å². The summed E-state index contributed by atoms with van der Waals surface area (Å²) in [6.07, 6.45) is 4.94. The van der Waals surface area contributed by atoms with Crippen LogP contribution in [-0.4, -0.2) is 45.7 Å². The van der Waals surface area contributed by atoms with Gasteiger partial charge in [0.1, 0.15) is 5.82 Å². The standard InChI is InChI=1S/C21H27FN2O2/c1-13(17-4-2-3-5-18(17)22)23-6-7-24(20(23)25)19-15-8-14-9-16(19)12-21(26,10-14)11-15/h2-5,13-16,19,26H,6-12H2,1H3/t13-,14?,15?,16?,19?,21?/m0/s1. The van der Waals surface area contributed by atoms with Gasteiger partial charge in [-0.25, -0.2) is 9.18 Å². The second-order valence-electron chi connectivity index (χ2n) is 9.05. The number of nitrogens with zero attached hydrogens (tertiary/aromatic N) is 2. The van der Waals surface area contributed by atoms with Gasteiger partial charge >= 0.3 is 6.03 Å². The van der Waals surface area contributed by atoms with Crippen LogP contribution < -0.4 is 0 Å². The van der Waals surface area contributed by atoms with Crippen LogP contribution in [0.2, 0.25) is 0 Å². The Bertz CT molecular complexity index is 722. The summed E-state index contributed by atoms with van der Waals surface area (Å²) in [5.41, 5.74) is 0.109. The van der Waals surface area contributed by atoms with Crippen molar-refractivity contribution < 1.29 is 14.3 Å². The predicted octanol–water partition coefficient (Wildman–Crippen LogP) is 3.56. The van der Waals surface area contributed by atoms with E-state index in [1.54, 1.807) is 12.1 Å². The molecule has 5 aliphatic rings. The Kier molecular flexibility index (Phi) is 3.62. The summed E-state index contributed by atoms with van der Waals surface area (Å²) in [4.78, 5) is 17.1. The van der Waals surface area contributed by atoms with Gasteiger partial charge in [0.25, 0.3) is 0 Å². The first-order valence-electron chi connectivity index (χ1n) is 9.99. The Hall–Kier alpha value is -1.62. The maximum absolute atomic E-state index is 14.2. The Morgan fingerprint density at radius 1 is 1.15 bits per heavy atom. The first-order chi connectivity index (χ1) is 12.5. The van der Waals surface area contributed by atoms with Crippen molar-refractivity contribution in [2.24, 2.45) is 17.8 Å². The van der Waals surface area contributed by atoms with E-state index in [-0.39, 0.29) is 23.9 Å². The van der Waals surface area contributed by atoms with Crippen molar-refractivity contribution in [2.45, 2.75) is 56.7 Å². The van der Waals surface area contributed by atoms with Crippen LogP contribution in [0, 0.1) is 23.6 Å². The molecule has 4 saturated carbocycles. The van der Waals surface area contributed by atoms with Crippen molar-refractivity contribution in [1.82, 2.24) is 9.80 Å². The number of amides is 2. The lowest BCUT2D eigenvalue weighted by Gasteiger charge is -2.59. The van der Waals surface area contributed by atoms with Gasteiger partial charge in [-0.05, 0) is 62.8 Å². The van der Waals surface area contributed by atoms with Gasteiger partial charge in [0.15, 0.2) is 0 Å². The molecule has 140 valence electrons. The number of hydrogen-bond acceptors (Lipinski definition) is 2. The molecule has 2 amide bonds. The molecule has 2 unspecified atom stereocenters. The van der Waals surface area contributed by atoms with Crippen molar-refractivity contribution >= 4 is 6.03 Å². The fourth-order valence-corrected chi connectivity index (χ4v) is 6.65. The van der Waals surface area contributed by atoms with Crippen LogP contribution in [0.3, 0.4) is 0 Å². The third kappa shape index (κ3) is 2.39. The molecule has 1 saturated heterocycles. The second kappa shape index (κ2) is 5.69. The largest absolute Gasteiger partial charge is 0.390 e. The molecule has 0 radical (unpaired) electrons. The van der Waals surface area contributed by atoms with E-state index in [9.17, 15) is 14.3 Å². The molecule has 0 spiro atoms. The lowest BCUT2D eigenvalue weighted by Crippen LogP contribution is -2.62. The lowest BCUT2D eigenvalue weighted by atomic mass is 9.52. The van der Waals surface area contributed by atoms with Crippen LogP contribution in [-0.2, 0) is 0 Å². The van der Waals surface area contributed by atoms with Crippen LogP contribution in [0.25, 0.3) is 0 Å². The number of aliphatic hydroxyl groups is 1. The molecule has 1 N–H and O–H groups in total. The number of rotatable bonds is 3. The Balaban J connectivity index is 1.36. The van der Waals surface area contributed by atoms with Crippen LogP contribution in [0.15, 0.2) is 24.3 Å². The number of carbonyl (C=O) groups excluding carboxylic acids is 1. The van der Waals surface area contributed by atoms with Gasteiger partial charge in [-0.3, -0.25) is 0 Å². The average Bonchev–Trinajstić information content (AvgIpc) is 2.94. The SMILES string of the molecule is C[C@@H](c1ccccc1F)N1CCN(C2C3CC4CC2CC(O)(C4)C3)C1=O. The van der Waals surface area contributed by atoms with E-state index in [4.69, 9.17) is 0 Å². The van der Waals surface area contributed by atoms with Gasteiger partial charge in [-0.1, -0.05) is 18.2 Å². The Labute approximate surface area is 154 Å². The Morgan fingerprint density at radius 2 is 1.85 bits per heavy atom. The van der Waals surface area contributed by atoms with Crippen molar-refractivity contribution in [2.75, 3.05) is 13.1 Å². The molecule has 6 rings (SSSR count). The number of benzene rings is 1. The van der Waals surface area contributed by atoms with Crippen molar-refractivity contribution in [3.8, 4) is 0 Å². The maximum Gasteiger partial charge on any atom is 0.320 e. The predicted molar refractivity (Wildman–Crippen MR) is 95.9 cm³/mol. The highest BCUT2D eigenvalue weighted by atomic mass is 19.1. The van der Waals surface area contributed by atoms with E-state index in [0.717, 1.165) is 38.6 Å². The molecule has 1 aromatic carbocycles. The number of carbonyl (C=O) groups is 1. The van der Waals surface area contributed by atoms with Crippen molar-refractivity contribution in [3.63, 3.8) is 0 Å². The number of halogens is 1. The third-order valence-electron chi connectivity index (χ3n) is 7.45. The van der Waals surface area contributed by atoms with E-state index < -0.39 is 5.60 Å². The highest BCUT2D eigenvalue weighted by molar-refractivity contribution is 5.77. The van der Waals surface area contributed by atoms with E-state index >= 15 is 0 Å². The highest BCUT2D eigenvalue weighted by Gasteiger charge is 2.57. The van der Waals surface area contributed by atoms with Crippen LogP contribution in [0.4, 0.5) is 9.18 Å². The molecule has 1 aliphatic heterocycles. The van der Waals surface area contributed by atoms with Crippen molar-refractivity contribution in [3.05, 3.63) is 35.6 Å². The smallest absolute Gasteiger partial charge is 0.320 e. The first kappa shape index (κ1) is 16.5. The van der Waals surface area contributed by atoms with Gasteiger partial charge < -0.3 is 14.9 Å². The lowest BCUT2D eigenvalue weighted by molar-refractivity contribution is -0.152. The number of hydrogen-bond donors (Lipinski definition) is 1. The molecule has 1 aromatic rings. The second-order valence-corrected chi connectivity index (χ2v) is 9.05. The van der Waals surface area contributed by atoms with Crippen molar-refractivity contribution in [1.29, 1.82) is 0 Å². The molecule has 4 aliphatic carbocycles. The fraction of sp³-hybridized carbons (Fsp3) is 0.667. The van der Waals surface area contributed by atoms with Gasteiger partial charge in [0.05, 0.1) is 11.6 Å². The van der Waals surface area contributed by atoms with Gasteiger partial charge in [-0.2, -0.15) is 0 Å². The Morgan fingerprint density at radius 3 is 2.50 bits per heavy atom. The molecule has 0 aromatic heterocycles. The molecule has 1 heterocycles. The van der Waals surface area contributed by atoms with Gasteiger partial charge in [0.2, 0.25) is 0 Å². The third-order valence-corrected chi connectivity index (χ3v) is 7.45. The van der Waals surface area contributed by atoms with Crippen LogP contribution >= 0.6 is 0 Å². The zero-order chi connectivity index (χ0) is 18.1. The maximum atomic E-state index is 14.2. The van der Waals surface area contributed by atoms with Crippen LogP contribution in [0.5, 0.6) is 0 Å². The summed E-state index contributed by atoms with van der Waals surface area (Å²) < 4.78 is 14.2. The number of urea groups is 1. The molecular weight excluding hydrogens is 331 g/mol. The summed E-state index contributed by atoms with van der Waals surface area (Å²) >= 11 is 0.